The molecule has 0 spiro atoms. The molecule has 3 N–H and O–H groups in total. The van der Waals surface area contributed by atoms with Gasteiger partial charge in [0.05, 0.1) is 23.6 Å². The second-order valence-electron chi connectivity index (χ2n) is 9.86. The predicted molar refractivity (Wildman–Crippen MR) is 139 cm³/mol. The molecule has 11 nitrogen and oxygen atoms in total. The molecule has 198 valence electrons. The number of amides is 1. The molecule has 0 aliphatic carbocycles. The van der Waals surface area contributed by atoms with E-state index in [0.29, 0.717) is 41.6 Å². The first-order valence-corrected chi connectivity index (χ1v) is 12.8. The lowest BCUT2D eigenvalue weighted by Gasteiger charge is -2.33. The fourth-order valence-electron chi connectivity index (χ4n) is 4.91. The Morgan fingerprint density at radius 1 is 1.22 bits per heavy atom. The summed E-state index contributed by atoms with van der Waals surface area (Å²) in [5.41, 5.74) is 1.19. The van der Waals surface area contributed by atoms with Gasteiger partial charge in [0.15, 0.2) is 5.69 Å². The van der Waals surface area contributed by atoms with E-state index in [9.17, 15) is 9.18 Å². The van der Waals surface area contributed by atoms with Gasteiger partial charge in [-0.3, -0.25) is 9.48 Å². The Morgan fingerprint density at radius 2 is 2.03 bits per heavy atom. The normalized spacial score (nSPS) is 20.9. The third-order valence-corrected chi connectivity index (χ3v) is 6.94. The van der Waals surface area contributed by atoms with Crippen molar-refractivity contribution in [3.63, 3.8) is 0 Å². The number of anilines is 3. The molecule has 0 saturated carbocycles. The van der Waals surface area contributed by atoms with Gasteiger partial charge in [-0.2, -0.15) is 10.1 Å². The van der Waals surface area contributed by atoms with Crippen molar-refractivity contribution in [3.05, 3.63) is 30.2 Å². The van der Waals surface area contributed by atoms with Crippen LogP contribution in [0.25, 0.3) is 10.9 Å². The number of rotatable bonds is 7. The van der Waals surface area contributed by atoms with Crippen LogP contribution in [0.1, 0.15) is 49.6 Å². The highest BCUT2D eigenvalue weighted by molar-refractivity contribution is 6.05. The van der Waals surface area contributed by atoms with Gasteiger partial charge in [0, 0.05) is 44.2 Å². The van der Waals surface area contributed by atoms with Crippen LogP contribution in [0.3, 0.4) is 0 Å². The molecule has 12 heteroatoms. The molecule has 0 radical (unpaired) electrons. The molecule has 0 unspecified atom stereocenters. The lowest BCUT2D eigenvalue weighted by atomic mass is 10.1. The minimum Gasteiger partial charge on any atom is -0.378 e. The van der Waals surface area contributed by atoms with Gasteiger partial charge in [-0.15, -0.1) is 0 Å². The summed E-state index contributed by atoms with van der Waals surface area (Å²) in [5, 5.41) is 15.0. The molecule has 2 aliphatic rings. The van der Waals surface area contributed by atoms with Gasteiger partial charge in [0.1, 0.15) is 17.8 Å². The van der Waals surface area contributed by atoms with Crippen LogP contribution in [-0.2, 0) is 4.74 Å². The van der Waals surface area contributed by atoms with Gasteiger partial charge in [0.2, 0.25) is 5.95 Å². The number of nitrogens with zero attached hydrogens (tertiary/aromatic N) is 6. The van der Waals surface area contributed by atoms with E-state index in [2.05, 4.69) is 36.0 Å². The van der Waals surface area contributed by atoms with Gasteiger partial charge < -0.3 is 25.6 Å². The third kappa shape index (κ3) is 5.49. The number of pyridine rings is 1. The van der Waals surface area contributed by atoms with Crippen molar-refractivity contribution < 1.29 is 13.9 Å². The Hall–Kier alpha value is -3.38. The molecule has 2 aliphatic heterocycles. The maximum absolute atomic E-state index is 14.4. The fraction of sp³-hybridized carbons (Fsp3) is 0.560. The van der Waals surface area contributed by atoms with Gasteiger partial charge in [-0.25, -0.2) is 14.4 Å². The van der Waals surface area contributed by atoms with Crippen LogP contribution in [0, 0.1) is 0 Å². The highest BCUT2D eigenvalue weighted by Gasteiger charge is 2.30. The van der Waals surface area contributed by atoms with Gasteiger partial charge in [-0.1, -0.05) is 0 Å². The molecule has 37 heavy (non-hydrogen) atoms. The molecule has 3 aromatic heterocycles. The molecule has 5 heterocycles. The summed E-state index contributed by atoms with van der Waals surface area (Å²) in [4.78, 5) is 28.3. The van der Waals surface area contributed by atoms with Crippen LogP contribution in [-0.4, -0.2) is 82.2 Å². The number of hydrogen-bond donors (Lipinski definition) is 3. The molecular weight excluding hydrogens is 477 g/mol. The number of alkyl halides is 1. The SMILES string of the molecule is CO[C@H]1CCN(c2nccc(Nc3cc4c(cn3)c(C(=O)NC3CCNCC3)nn4C(C)C)n2)C[C@H]1F. The summed E-state index contributed by atoms with van der Waals surface area (Å²) in [6.45, 7) is 6.64. The Balaban J connectivity index is 1.36. The van der Waals surface area contributed by atoms with Crippen LogP contribution in [0.15, 0.2) is 24.5 Å². The summed E-state index contributed by atoms with van der Waals surface area (Å²) in [5.74, 6) is 1.38. The number of methoxy groups -OCH3 is 1. The van der Waals surface area contributed by atoms with Crippen LogP contribution >= 0.6 is 0 Å². The summed E-state index contributed by atoms with van der Waals surface area (Å²) in [6, 6.07) is 3.80. The standard InChI is InChI=1S/C25H34FN9O2/c1-15(2)35-19-12-22(29-13-17(19)23(33-35)24(36)30-16-4-8-27-9-5-16)31-21-6-10-28-25(32-21)34-11-7-20(37-3)18(26)14-34/h6,10,12-13,15-16,18,20,27H,4-5,7-9,11,14H2,1-3H3,(H,30,36)(H,28,29,31,32)/t18-,20+/m1/s1. The zero-order valence-corrected chi connectivity index (χ0v) is 21.4. The van der Waals surface area contributed by atoms with Crippen LogP contribution < -0.4 is 20.9 Å². The Labute approximate surface area is 215 Å². The maximum Gasteiger partial charge on any atom is 0.272 e. The average molecular weight is 512 g/mol. The van der Waals surface area contributed by atoms with E-state index >= 15 is 0 Å². The molecule has 2 fully saturated rings. The van der Waals surface area contributed by atoms with Crippen molar-refractivity contribution in [1.29, 1.82) is 0 Å². The molecule has 0 bridgehead atoms. The minimum atomic E-state index is -1.10. The van der Waals surface area contributed by atoms with E-state index in [4.69, 9.17) is 4.74 Å². The minimum absolute atomic E-state index is 0.0486. The van der Waals surface area contributed by atoms with Crippen molar-refractivity contribution in [1.82, 2.24) is 35.4 Å². The molecular formula is C25H34FN9O2. The third-order valence-electron chi connectivity index (χ3n) is 6.94. The van der Waals surface area contributed by atoms with Gasteiger partial charge in [-0.05, 0) is 52.3 Å². The first kappa shape index (κ1) is 25.3. The van der Waals surface area contributed by atoms with E-state index in [1.165, 1.54) is 7.11 Å². The predicted octanol–water partition coefficient (Wildman–Crippen LogP) is 2.59. The van der Waals surface area contributed by atoms with E-state index in [0.717, 1.165) is 31.4 Å². The molecule has 2 atom stereocenters. The lowest BCUT2D eigenvalue weighted by molar-refractivity contribution is 0.0194. The first-order valence-electron chi connectivity index (χ1n) is 12.8. The zero-order chi connectivity index (χ0) is 25.9. The topological polar surface area (TPSA) is 122 Å². The van der Waals surface area contributed by atoms with E-state index in [-0.39, 0.29) is 24.5 Å². The first-order chi connectivity index (χ1) is 17.9. The second kappa shape index (κ2) is 10.9. The number of carbonyl (C=O) groups is 1. The monoisotopic (exact) mass is 511 g/mol. The van der Waals surface area contributed by atoms with Crippen molar-refractivity contribution >= 4 is 34.4 Å². The van der Waals surface area contributed by atoms with Gasteiger partial charge >= 0.3 is 0 Å². The second-order valence-corrected chi connectivity index (χ2v) is 9.86. The quantitative estimate of drug-likeness (QED) is 0.439. The number of halogens is 1. The number of piperidine rings is 2. The Bertz CT molecular complexity index is 1240. The summed E-state index contributed by atoms with van der Waals surface area (Å²) >= 11 is 0. The Kier molecular flexibility index (Phi) is 7.47. The largest absolute Gasteiger partial charge is 0.378 e. The van der Waals surface area contributed by atoms with Crippen molar-refractivity contribution in [2.75, 3.05) is 43.5 Å². The number of hydrogen-bond acceptors (Lipinski definition) is 9. The van der Waals surface area contributed by atoms with Crippen LogP contribution in [0.4, 0.5) is 22.0 Å². The zero-order valence-electron chi connectivity index (χ0n) is 21.4. The highest BCUT2D eigenvalue weighted by atomic mass is 19.1. The van der Waals surface area contributed by atoms with Crippen molar-refractivity contribution in [2.45, 2.75) is 57.5 Å². The number of ether oxygens (including phenoxy) is 1. The summed E-state index contributed by atoms with van der Waals surface area (Å²) < 4.78 is 21.4. The van der Waals surface area contributed by atoms with Crippen molar-refractivity contribution in [2.24, 2.45) is 0 Å². The maximum atomic E-state index is 14.4. The van der Waals surface area contributed by atoms with E-state index < -0.39 is 12.3 Å². The summed E-state index contributed by atoms with van der Waals surface area (Å²) in [6.07, 6.45) is 4.19. The number of carbonyl (C=O) groups excluding carboxylic acids is 1. The fourth-order valence-corrected chi connectivity index (χ4v) is 4.91. The molecule has 1 amide bonds. The Morgan fingerprint density at radius 3 is 2.76 bits per heavy atom. The smallest absolute Gasteiger partial charge is 0.272 e. The van der Waals surface area contributed by atoms with Crippen molar-refractivity contribution in [3.8, 4) is 0 Å². The lowest BCUT2D eigenvalue weighted by Crippen LogP contribution is -2.46. The van der Waals surface area contributed by atoms with E-state index in [1.54, 1.807) is 18.5 Å². The molecule has 0 aromatic carbocycles. The van der Waals surface area contributed by atoms with E-state index in [1.807, 2.05) is 29.5 Å². The van der Waals surface area contributed by atoms with Gasteiger partial charge in [0.25, 0.3) is 5.91 Å². The molecule has 5 rings (SSSR count). The number of aromatic nitrogens is 5. The van der Waals surface area contributed by atoms with Crippen LogP contribution in [0.5, 0.6) is 0 Å². The highest BCUT2D eigenvalue weighted by Crippen LogP contribution is 2.26. The van der Waals surface area contributed by atoms with Crippen LogP contribution in [0.2, 0.25) is 0 Å². The number of fused-ring (bicyclic) bond motifs is 1. The molecule has 3 aromatic rings. The average Bonchev–Trinajstić information content (AvgIpc) is 3.29. The number of nitrogens with one attached hydrogen (secondary N) is 3. The molecule has 2 saturated heterocycles. The summed E-state index contributed by atoms with van der Waals surface area (Å²) in [7, 11) is 1.53.